The van der Waals surface area contributed by atoms with Gasteiger partial charge in [-0.2, -0.15) is 0 Å². The SMILES string of the molecule is c1ccc2c(c1)-c1ccc(-n3c4ccccc4c4cc(-c5ccc6c(c5)c5ccccc5n6-c5cncc6ccccc56)ccc43)cc1C21C2CC3CC(C2)CC1C3. The Kier molecular flexibility index (Phi) is 6.19. The first-order chi connectivity index (χ1) is 28.7. The summed E-state index contributed by atoms with van der Waals surface area (Å²) in [5.74, 6) is 3.36. The van der Waals surface area contributed by atoms with Gasteiger partial charge in [0.1, 0.15) is 0 Å². The van der Waals surface area contributed by atoms with Crippen molar-refractivity contribution in [3.05, 3.63) is 175 Å². The lowest BCUT2D eigenvalue weighted by atomic mass is 9.43. The first-order valence-electron chi connectivity index (χ1n) is 21.4. The van der Waals surface area contributed by atoms with Crippen LogP contribution in [0, 0.1) is 23.7 Å². The molecule has 3 aromatic heterocycles. The largest absolute Gasteiger partial charge is 0.309 e. The van der Waals surface area contributed by atoms with Crippen LogP contribution in [-0.4, -0.2) is 14.1 Å². The fraction of sp³-hybridized carbons (Fsp3) is 0.182. The average molecular weight is 744 g/mol. The van der Waals surface area contributed by atoms with Crippen LogP contribution in [0.5, 0.6) is 0 Å². The number of pyridine rings is 1. The molecule has 276 valence electrons. The number of aromatic nitrogens is 3. The second kappa shape index (κ2) is 11.4. The predicted molar refractivity (Wildman–Crippen MR) is 239 cm³/mol. The first kappa shape index (κ1) is 31.6. The van der Waals surface area contributed by atoms with Gasteiger partial charge in [0.05, 0.1) is 34.0 Å². The Labute approximate surface area is 337 Å². The molecule has 0 radical (unpaired) electrons. The Bertz CT molecular complexity index is 3340. The highest BCUT2D eigenvalue weighted by Gasteiger charge is 2.61. The highest BCUT2D eigenvalue weighted by molar-refractivity contribution is 6.13. The van der Waals surface area contributed by atoms with Crippen molar-refractivity contribution in [2.24, 2.45) is 23.7 Å². The van der Waals surface area contributed by atoms with Gasteiger partial charge in [0.15, 0.2) is 0 Å². The first-order valence-corrected chi connectivity index (χ1v) is 21.4. The summed E-state index contributed by atoms with van der Waals surface area (Å²) in [4.78, 5) is 4.67. The van der Waals surface area contributed by atoms with Gasteiger partial charge in [-0.15, -0.1) is 0 Å². The van der Waals surface area contributed by atoms with Crippen molar-refractivity contribution in [2.45, 2.75) is 37.5 Å². The van der Waals surface area contributed by atoms with E-state index in [-0.39, 0.29) is 5.41 Å². The molecule has 0 saturated heterocycles. The number of hydrogen-bond donors (Lipinski definition) is 0. The minimum atomic E-state index is 0.146. The second-order valence-electron chi connectivity index (χ2n) is 18.0. The minimum Gasteiger partial charge on any atom is -0.309 e. The number of benzene rings is 7. The summed E-state index contributed by atoms with van der Waals surface area (Å²) in [5, 5.41) is 7.45. The van der Waals surface area contributed by atoms with Gasteiger partial charge >= 0.3 is 0 Å². The number of nitrogens with zero attached hydrogens (tertiary/aromatic N) is 3. The Morgan fingerprint density at radius 2 is 1.00 bits per heavy atom. The van der Waals surface area contributed by atoms with Crippen molar-refractivity contribution < 1.29 is 0 Å². The van der Waals surface area contributed by atoms with Gasteiger partial charge in [-0.05, 0) is 138 Å². The summed E-state index contributed by atoms with van der Waals surface area (Å²) < 4.78 is 4.94. The smallest absolute Gasteiger partial charge is 0.0723 e. The van der Waals surface area contributed by atoms with E-state index in [9.17, 15) is 0 Å². The van der Waals surface area contributed by atoms with Gasteiger partial charge in [-0.3, -0.25) is 4.98 Å². The molecule has 5 aliphatic rings. The summed E-state index contributed by atoms with van der Waals surface area (Å²) in [5.41, 5.74) is 16.1. The molecular weight excluding hydrogens is 703 g/mol. The Balaban J connectivity index is 0.939. The van der Waals surface area contributed by atoms with Crippen molar-refractivity contribution in [2.75, 3.05) is 0 Å². The van der Waals surface area contributed by atoms with Gasteiger partial charge in [0.2, 0.25) is 0 Å². The van der Waals surface area contributed by atoms with E-state index in [1.807, 2.05) is 12.4 Å². The third-order valence-electron chi connectivity index (χ3n) is 15.4. The van der Waals surface area contributed by atoms with E-state index < -0.39 is 0 Å². The van der Waals surface area contributed by atoms with Crippen molar-refractivity contribution in [1.82, 2.24) is 14.1 Å². The van der Waals surface area contributed by atoms with E-state index in [1.54, 1.807) is 11.1 Å². The van der Waals surface area contributed by atoms with Crippen LogP contribution in [0.1, 0.15) is 43.2 Å². The average Bonchev–Trinajstić information content (AvgIpc) is 3.88. The fourth-order valence-corrected chi connectivity index (χ4v) is 13.4. The number of para-hydroxylation sites is 2. The molecule has 0 unspecified atom stereocenters. The van der Waals surface area contributed by atoms with Crippen LogP contribution in [0.25, 0.3) is 88.0 Å². The molecule has 15 rings (SSSR count). The van der Waals surface area contributed by atoms with Crippen molar-refractivity contribution >= 4 is 54.4 Å². The predicted octanol–water partition coefficient (Wildman–Crippen LogP) is 13.8. The molecule has 4 fully saturated rings. The van der Waals surface area contributed by atoms with Crippen LogP contribution in [0.15, 0.2) is 164 Å². The number of hydrogen-bond acceptors (Lipinski definition) is 1. The summed E-state index contributed by atoms with van der Waals surface area (Å²) >= 11 is 0. The molecule has 1 spiro atoms. The molecule has 0 atom stereocenters. The van der Waals surface area contributed by atoms with Gasteiger partial charge in [0, 0.05) is 49.6 Å². The molecule has 3 nitrogen and oxygen atoms in total. The summed E-state index contributed by atoms with van der Waals surface area (Å²) in [6, 6.07) is 57.5. The summed E-state index contributed by atoms with van der Waals surface area (Å²) in [6.45, 7) is 0. The van der Waals surface area contributed by atoms with Crippen molar-refractivity contribution in [1.29, 1.82) is 0 Å². The molecule has 0 amide bonds. The lowest BCUT2D eigenvalue weighted by Crippen LogP contribution is -2.55. The molecule has 7 aromatic carbocycles. The highest BCUT2D eigenvalue weighted by atomic mass is 15.0. The number of rotatable bonds is 3. The molecular formula is C55H41N3. The quantitative estimate of drug-likeness (QED) is 0.177. The van der Waals surface area contributed by atoms with Crippen LogP contribution in [-0.2, 0) is 5.41 Å². The third-order valence-corrected chi connectivity index (χ3v) is 15.4. The molecule has 10 aromatic rings. The van der Waals surface area contributed by atoms with Crippen LogP contribution in [0.3, 0.4) is 0 Å². The van der Waals surface area contributed by atoms with E-state index in [2.05, 4.69) is 166 Å². The molecule has 3 heterocycles. The van der Waals surface area contributed by atoms with Crippen LogP contribution < -0.4 is 0 Å². The van der Waals surface area contributed by atoms with Gasteiger partial charge in [-0.1, -0.05) is 103 Å². The lowest BCUT2D eigenvalue weighted by Gasteiger charge is -2.61. The van der Waals surface area contributed by atoms with Gasteiger partial charge < -0.3 is 9.13 Å². The molecule has 4 saturated carbocycles. The van der Waals surface area contributed by atoms with E-state index in [1.165, 1.54) is 109 Å². The molecule has 3 heteroatoms. The third kappa shape index (κ3) is 4.02. The Morgan fingerprint density at radius 3 is 1.72 bits per heavy atom. The second-order valence-corrected chi connectivity index (χ2v) is 18.0. The lowest BCUT2D eigenvalue weighted by molar-refractivity contribution is -0.0399. The molecule has 4 bridgehead atoms. The molecule has 0 N–H and O–H groups in total. The maximum absolute atomic E-state index is 4.67. The normalized spacial score (nSPS) is 22.9. The Morgan fingerprint density at radius 1 is 0.431 bits per heavy atom. The van der Waals surface area contributed by atoms with E-state index >= 15 is 0 Å². The zero-order valence-corrected chi connectivity index (χ0v) is 32.3. The van der Waals surface area contributed by atoms with Crippen molar-refractivity contribution in [3.63, 3.8) is 0 Å². The van der Waals surface area contributed by atoms with Crippen LogP contribution >= 0.6 is 0 Å². The molecule has 5 aliphatic carbocycles. The topological polar surface area (TPSA) is 22.8 Å². The number of fused-ring (bicyclic) bond motifs is 10. The maximum atomic E-state index is 4.67. The standard InChI is InChI=1S/C55H41N3/c1-2-10-41-37(9-1)31-56-32-54(41)58-51-16-8-5-13-45(51)47-29-36(18-22-53(47)58)35-17-21-52-46(28-35)44-12-4-7-15-50(44)57(52)40-19-20-43-42-11-3-6-14-48(42)55(49(43)30-40)38-24-33-23-34(26-38)27-39(55)25-33/h1-22,28-34,38-39H,23-27H2. The monoisotopic (exact) mass is 743 g/mol. The van der Waals surface area contributed by atoms with E-state index in [0.717, 1.165) is 34.7 Å². The van der Waals surface area contributed by atoms with Crippen molar-refractivity contribution in [3.8, 4) is 33.6 Å². The molecule has 58 heavy (non-hydrogen) atoms. The zero-order chi connectivity index (χ0) is 37.7. The minimum absolute atomic E-state index is 0.146. The Hall–Kier alpha value is -6.45. The van der Waals surface area contributed by atoms with Crippen LogP contribution in [0.4, 0.5) is 0 Å². The highest BCUT2D eigenvalue weighted by Crippen LogP contribution is 2.69. The van der Waals surface area contributed by atoms with Gasteiger partial charge in [-0.25, -0.2) is 0 Å². The van der Waals surface area contributed by atoms with E-state index in [0.29, 0.717) is 0 Å². The van der Waals surface area contributed by atoms with Gasteiger partial charge in [0.25, 0.3) is 0 Å². The maximum Gasteiger partial charge on any atom is 0.0723 e. The molecule has 0 aliphatic heterocycles. The summed E-state index contributed by atoms with van der Waals surface area (Å²) in [6.07, 6.45) is 11.0. The summed E-state index contributed by atoms with van der Waals surface area (Å²) in [7, 11) is 0. The zero-order valence-electron chi connectivity index (χ0n) is 32.3. The fourth-order valence-electron chi connectivity index (χ4n) is 13.4. The van der Waals surface area contributed by atoms with Crippen LogP contribution in [0.2, 0.25) is 0 Å². The van der Waals surface area contributed by atoms with E-state index in [4.69, 9.17) is 0 Å².